The van der Waals surface area contributed by atoms with Gasteiger partial charge in [0, 0.05) is 25.0 Å². The van der Waals surface area contributed by atoms with E-state index in [1.807, 2.05) is 35.2 Å². The molecule has 1 aliphatic rings. The van der Waals surface area contributed by atoms with Crippen molar-refractivity contribution in [3.63, 3.8) is 0 Å². The van der Waals surface area contributed by atoms with Crippen LogP contribution in [0.4, 0.5) is 0 Å². The Morgan fingerprint density at radius 1 is 1.42 bits per heavy atom. The van der Waals surface area contributed by atoms with Gasteiger partial charge >= 0.3 is 0 Å². The molecule has 1 aromatic carbocycles. The van der Waals surface area contributed by atoms with Gasteiger partial charge in [0.05, 0.1) is 6.04 Å². The number of hydrogen-bond acceptors (Lipinski definition) is 3. The van der Waals surface area contributed by atoms with Crippen LogP contribution in [-0.4, -0.2) is 36.5 Å². The molecule has 0 aliphatic carbocycles. The summed E-state index contributed by atoms with van der Waals surface area (Å²) in [4.78, 5) is 14.5. The molecule has 0 radical (unpaired) electrons. The highest BCUT2D eigenvalue weighted by Gasteiger charge is 2.30. The van der Waals surface area contributed by atoms with Gasteiger partial charge in [0.1, 0.15) is 5.58 Å². The van der Waals surface area contributed by atoms with Gasteiger partial charge in [-0.15, -0.1) is 0 Å². The van der Waals surface area contributed by atoms with Gasteiger partial charge in [-0.05, 0) is 18.6 Å². The number of nitrogens with zero attached hydrogens (tertiary/aromatic N) is 1. The first-order valence-corrected chi connectivity index (χ1v) is 6.80. The molecule has 100 valence electrons. The summed E-state index contributed by atoms with van der Waals surface area (Å²) in [6.07, 6.45) is 0.961. The fraction of sp³-hybridized carbons (Fsp3) is 0.400. The standard InChI is InChI=1S/C15H18N2O2/c1-2-7-17(12-9-16-10-12)15(18)14-8-11-5-3-4-6-13(11)19-14/h3-6,8,12,16H,2,7,9-10H2,1H3. The van der Waals surface area contributed by atoms with Gasteiger partial charge in [-0.1, -0.05) is 25.1 Å². The Labute approximate surface area is 112 Å². The molecule has 0 unspecified atom stereocenters. The molecule has 1 aromatic heterocycles. The van der Waals surface area contributed by atoms with E-state index >= 15 is 0 Å². The van der Waals surface area contributed by atoms with Crippen LogP contribution in [0.1, 0.15) is 23.9 Å². The van der Waals surface area contributed by atoms with Crippen molar-refractivity contribution in [3.05, 3.63) is 36.1 Å². The first-order valence-electron chi connectivity index (χ1n) is 6.80. The van der Waals surface area contributed by atoms with Crippen LogP contribution in [0.2, 0.25) is 0 Å². The molecule has 0 spiro atoms. The molecule has 4 nitrogen and oxygen atoms in total. The highest BCUT2D eigenvalue weighted by atomic mass is 16.3. The van der Waals surface area contributed by atoms with Gasteiger partial charge in [0.15, 0.2) is 5.76 Å². The van der Waals surface area contributed by atoms with Crippen molar-refractivity contribution >= 4 is 16.9 Å². The van der Waals surface area contributed by atoms with Crippen molar-refractivity contribution < 1.29 is 9.21 Å². The maximum Gasteiger partial charge on any atom is 0.289 e. The lowest BCUT2D eigenvalue weighted by Crippen LogP contribution is -2.59. The smallest absolute Gasteiger partial charge is 0.289 e. The normalized spacial score (nSPS) is 15.4. The second kappa shape index (κ2) is 5.05. The molecule has 0 saturated carbocycles. The number of hydrogen-bond donors (Lipinski definition) is 1. The third-order valence-electron chi connectivity index (χ3n) is 3.56. The van der Waals surface area contributed by atoms with E-state index < -0.39 is 0 Å². The number of fused-ring (bicyclic) bond motifs is 1. The molecule has 0 atom stereocenters. The van der Waals surface area contributed by atoms with Crippen LogP contribution in [0.5, 0.6) is 0 Å². The largest absolute Gasteiger partial charge is 0.451 e. The Morgan fingerprint density at radius 2 is 2.21 bits per heavy atom. The van der Waals surface area contributed by atoms with Gasteiger partial charge in [0.2, 0.25) is 0 Å². The monoisotopic (exact) mass is 258 g/mol. The minimum atomic E-state index is 0.00421. The number of carbonyl (C=O) groups excluding carboxylic acids is 1. The first kappa shape index (κ1) is 12.2. The van der Waals surface area contributed by atoms with E-state index in [0.717, 1.165) is 37.0 Å². The third-order valence-corrected chi connectivity index (χ3v) is 3.56. The summed E-state index contributed by atoms with van der Waals surface area (Å²) in [7, 11) is 0. The SMILES string of the molecule is CCCN(C(=O)c1cc2ccccc2o1)C1CNC1. The van der Waals surface area contributed by atoms with E-state index in [1.165, 1.54) is 0 Å². The van der Waals surface area contributed by atoms with E-state index in [1.54, 1.807) is 0 Å². The highest BCUT2D eigenvalue weighted by molar-refractivity contribution is 5.96. The van der Waals surface area contributed by atoms with E-state index in [2.05, 4.69) is 12.2 Å². The molecule has 1 N–H and O–H groups in total. The van der Waals surface area contributed by atoms with E-state index in [9.17, 15) is 4.79 Å². The lowest BCUT2D eigenvalue weighted by molar-refractivity contribution is 0.0586. The minimum Gasteiger partial charge on any atom is -0.451 e. The number of carbonyl (C=O) groups is 1. The Kier molecular flexibility index (Phi) is 3.25. The molecule has 1 amide bonds. The number of rotatable bonds is 4. The van der Waals surface area contributed by atoms with Crippen LogP contribution in [-0.2, 0) is 0 Å². The van der Waals surface area contributed by atoms with Crippen LogP contribution in [0, 0.1) is 0 Å². The summed E-state index contributed by atoms with van der Waals surface area (Å²) in [6.45, 7) is 4.63. The van der Waals surface area contributed by atoms with E-state index in [-0.39, 0.29) is 5.91 Å². The maximum atomic E-state index is 12.5. The zero-order valence-corrected chi connectivity index (χ0v) is 11.1. The molecule has 3 rings (SSSR count). The molecule has 1 saturated heterocycles. The lowest BCUT2D eigenvalue weighted by Gasteiger charge is -2.37. The van der Waals surface area contributed by atoms with Crippen LogP contribution in [0.15, 0.2) is 34.7 Å². The molecular formula is C15H18N2O2. The fourth-order valence-corrected chi connectivity index (χ4v) is 2.41. The second-order valence-electron chi connectivity index (χ2n) is 4.96. The second-order valence-corrected chi connectivity index (χ2v) is 4.96. The molecule has 0 bridgehead atoms. The number of furan rings is 1. The number of nitrogens with one attached hydrogen (secondary N) is 1. The van der Waals surface area contributed by atoms with Gasteiger partial charge in [-0.25, -0.2) is 0 Å². The summed E-state index contributed by atoms with van der Waals surface area (Å²) >= 11 is 0. The van der Waals surface area contributed by atoms with Crippen molar-refractivity contribution in [1.82, 2.24) is 10.2 Å². The van der Waals surface area contributed by atoms with Crippen LogP contribution < -0.4 is 5.32 Å². The molecule has 1 aliphatic heterocycles. The Hall–Kier alpha value is -1.81. The third kappa shape index (κ3) is 2.24. The van der Waals surface area contributed by atoms with Crippen LogP contribution in [0.3, 0.4) is 0 Å². The topological polar surface area (TPSA) is 45.5 Å². The average Bonchev–Trinajstić information content (AvgIpc) is 2.79. The lowest BCUT2D eigenvalue weighted by atomic mass is 10.1. The van der Waals surface area contributed by atoms with Crippen molar-refractivity contribution in [2.24, 2.45) is 0 Å². The summed E-state index contributed by atoms with van der Waals surface area (Å²) in [6, 6.07) is 9.87. The summed E-state index contributed by atoms with van der Waals surface area (Å²) < 4.78 is 5.66. The van der Waals surface area contributed by atoms with Crippen molar-refractivity contribution in [2.45, 2.75) is 19.4 Å². The Morgan fingerprint density at radius 3 is 2.84 bits per heavy atom. The van der Waals surface area contributed by atoms with Crippen LogP contribution in [0.25, 0.3) is 11.0 Å². The zero-order chi connectivity index (χ0) is 13.2. The molecule has 2 heterocycles. The minimum absolute atomic E-state index is 0.00421. The first-order chi connectivity index (χ1) is 9.29. The molecule has 19 heavy (non-hydrogen) atoms. The van der Waals surface area contributed by atoms with Gasteiger partial charge in [-0.2, -0.15) is 0 Å². The number of benzene rings is 1. The Bertz CT molecular complexity index is 554. The van der Waals surface area contributed by atoms with Gasteiger partial charge in [0.25, 0.3) is 5.91 Å². The summed E-state index contributed by atoms with van der Waals surface area (Å²) in [5.41, 5.74) is 0.772. The van der Waals surface area contributed by atoms with Crippen LogP contribution >= 0.6 is 0 Å². The quantitative estimate of drug-likeness (QED) is 0.915. The molecule has 4 heteroatoms. The van der Waals surface area contributed by atoms with Gasteiger partial charge < -0.3 is 14.6 Å². The Balaban J connectivity index is 1.87. The number of para-hydroxylation sites is 1. The summed E-state index contributed by atoms with van der Waals surface area (Å²) in [5.74, 6) is 0.450. The molecular weight excluding hydrogens is 240 g/mol. The van der Waals surface area contributed by atoms with Crippen molar-refractivity contribution in [2.75, 3.05) is 19.6 Å². The molecule has 1 fully saturated rings. The van der Waals surface area contributed by atoms with Gasteiger partial charge in [-0.3, -0.25) is 4.79 Å². The number of amides is 1. The zero-order valence-electron chi connectivity index (χ0n) is 11.1. The van der Waals surface area contributed by atoms with E-state index in [4.69, 9.17) is 4.42 Å². The fourth-order valence-electron chi connectivity index (χ4n) is 2.41. The average molecular weight is 258 g/mol. The van der Waals surface area contributed by atoms with Crippen molar-refractivity contribution in [1.29, 1.82) is 0 Å². The van der Waals surface area contributed by atoms with E-state index in [0.29, 0.717) is 11.8 Å². The highest BCUT2D eigenvalue weighted by Crippen LogP contribution is 2.21. The van der Waals surface area contributed by atoms with Crippen molar-refractivity contribution in [3.8, 4) is 0 Å². The molecule has 2 aromatic rings. The summed E-state index contributed by atoms with van der Waals surface area (Å²) in [5, 5.41) is 4.19. The maximum absolute atomic E-state index is 12.5. The predicted molar refractivity (Wildman–Crippen MR) is 74.2 cm³/mol. The predicted octanol–water partition coefficient (Wildman–Crippen LogP) is 2.26.